The molecule has 0 radical (unpaired) electrons. The van der Waals surface area contributed by atoms with Crippen molar-refractivity contribution in [2.75, 3.05) is 5.43 Å². The van der Waals surface area contributed by atoms with Crippen LogP contribution in [0.1, 0.15) is 18.1 Å². The lowest BCUT2D eigenvalue weighted by Gasteiger charge is -2.03. The Morgan fingerprint density at radius 1 is 1.12 bits per heavy atom. The normalized spacial score (nSPS) is 10.1. The summed E-state index contributed by atoms with van der Waals surface area (Å²) in [6.07, 6.45) is 0.983. The zero-order valence-corrected chi connectivity index (χ0v) is 13.9. The number of hydrogen-bond acceptors (Lipinski definition) is 6. The number of nitrogens with one attached hydrogen (secondary N) is 1. The molecule has 0 aliphatic rings. The third-order valence-electron chi connectivity index (χ3n) is 3.80. The van der Waals surface area contributed by atoms with Crippen molar-refractivity contribution in [3.8, 4) is 17.8 Å². The van der Waals surface area contributed by atoms with Crippen LogP contribution in [0.3, 0.4) is 0 Å². The molecular weight excluding hydrogens is 314 g/mol. The van der Waals surface area contributed by atoms with Gasteiger partial charge in [-0.3, -0.25) is 5.43 Å². The van der Waals surface area contributed by atoms with Crippen molar-refractivity contribution < 1.29 is 0 Å². The van der Waals surface area contributed by atoms with E-state index in [1.807, 2.05) is 25.1 Å². The SMILES string of the molecule is CCc1ccc(-n2nc3cc(C)c(NN=C(C#N)C#N)cc3n2)cc1. The van der Waals surface area contributed by atoms with Gasteiger partial charge in [-0.05, 0) is 48.7 Å². The summed E-state index contributed by atoms with van der Waals surface area (Å²) in [5, 5.41) is 30.3. The number of anilines is 1. The van der Waals surface area contributed by atoms with Crippen LogP contribution in [0.25, 0.3) is 16.7 Å². The van der Waals surface area contributed by atoms with E-state index in [2.05, 4.69) is 39.8 Å². The molecule has 0 aliphatic carbocycles. The number of aromatic nitrogens is 3. The first kappa shape index (κ1) is 16.2. The highest BCUT2D eigenvalue weighted by Gasteiger charge is 2.08. The summed E-state index contributed by atoms with van der Waals surface area (Å²) in [5.41, 5.74) is 7.65. The smallest absolute Gasteiger partial charge is 0.237 e. The predicted octanol–water partition coefficient (Wildman–Crippen LogP) is 3.11. The van der Waals surface area contributed by atoms with E-state index in [-0.39, 0.29) is 5.71 Å². The van der Waals surface area contributed by atoms with Gasteiger partial charge in [0.15, 0.2) is 0 Å². The average molecular weight is 329 g/mol. The van der Waals surface area contributed by atoms with Gasteiger partial charge in [0, 0.05) is 0 Å². The molecule has 3 aromatic rings. The lowest BCUT2D eigenvalue weighted by Crippen LogP contribution is -1.98. The second kappa shape index (κ2) is 6.81. The fraction of sp³-hybridized carbons (Fsp3) is 0.167. The Balaban J connectivity index is 1.96. The van der Waals surface area contributed by atoms with Gasteiger partial charge in [0.1, 0.15) is 23.2 Å². The number of nitriles is 2. The Morgan fingerprint density at radius 3 is 2.36 bits per heavy atom. The third kappa shape index (κ3) is 3.31. The minimum absolute atomic E-state index is 0.237. The van der Waals surface area contributed by atoms with E-state index < -0.39 is 0 Å². The molecule has 0 saturated heterocycles. The summed E-state index contributed by atoms with van der Waals surface area (Å²) in [6, 6.07) is 15.2. The second-order valence-electron chi connectivity index (χ2n) is 5.46. The van der Waals surface area contributed by atoms with Crippen molar-refractivity contribution in [1.82, 2.24) is 15.0 Å². The van der Waals surface area contributed by atoms with Gasteiger partial charge in [-0.2, -0.15) is 20.4 Å². The summed E-state index contributed by atoms with van der Waals surface area (Å²) >= 11 is 0. The van der Waals surface area contributed by atoms with E-state index in [1.165, 1.54) is 5.56 Å². The molecule has 0 atom stereocenters. The Hall–Kier alpha value is -3.71. The van der Waals surface area contributed by atoms with Crippen molar-refractivity contribution in [1.29, 1.82) is 10.5 Å². The maximum Gasteiger partial charge on any atom is 0.237 e. The summed E-state index contributed by atoms with van der Waals surface area (Å²) in [4.78, 5) is 1.59. The lowest BCUT2D eigenvalue weighted by atomic mass is 10.2. The molecule has 0 amide bonds. The van der Waals surface area contributed by atoms with Gasteiger partial charge < -0.3 is 0 Å². The van der Waals surface area contributed by atoms with Gasteiger partial charge in [-0.1, -0.05) is 19.1 Å². The van der Waals surface area contributed by atoms with E-state index in [1.54, 1.807) is 23.0 Å². The number of rotatable bonds is 4. The third-order valence-corrected chi connectivity index (χ3v) is 3.80. The first-order chi connectivity index (χ1) is 12.1. The van der Waals surface area contributed by atoms with Crippen LogP contribution in [-0.2, 0) is 6.42 Å². The minimum Gasteiger partial charge on any atom is -0.276 e. The highest BCUT2D eigenvalue weighted by Crippen LogP contribution is 2.22. The van der Waals surface area contributed by atoms with Gasteiger partial charge in [-0.15, -0.1) is 10.2 Å². The molecule has 0 unspecified atom stereocenters. The Labute approximate surface area is 144 Å². The van der Waals surface area contributed by atoms with Crippen LogP contribution in [0.2, 0.25) is 0 Å². The molecule has 0 spiro atoms. The minimum atomic E-state index is -0.237. The molecule has 7 nitrogen and oxygen atoms in total. The molecule has 1 heterocycles. The monoisotopic (exact) mass is 329 g/mol. The van der Waals surface area contributed by atoms with Crippen LogP contribution in [0.5, 0.6) is 0 Å². The van der Waals surface area contributed by atoms with E-state index in [0.29, 0.717) is 11.2 Å². The first-order valence-electron chi connectivity index (χ1n) is 7.75. The van der Waals surface area contributed by atoms with Crippen molar-refractivity contribution in [2.45, 2.75) is 20.3 Å². The molecule has 0 saturated carbocycles. The van der Waals surface area contributed by atoms with Crippen LogP contribution in [-0.4, -0.2) is 20.7 Å². The van der Waals surface area contributed by atoms with Gasteiger partial charge in [0.25, 0.3) is 0 Å². The van der Waals surface area contributed by atoms with E-state index in [0.717, 1.165) is 23.2 Å². The van der Waals surface area contributed by atoms with Crippen molar-refractivity contribution in [2.24, 2.45) is 5.10 Å². The van der Waals surface area contributed by atoms with Gasteiger partial charge in [0.2, 0.25) is 5.71 Å². The first-order valence-corrected chi connectivity index (χ1v) is 7.75. The topological polar surface area (TPSA) is 103 Å². The number of fused-ring (bicyclic) bond motifs is 1. The van der Waals surface area contributed by atoms with Crippen LogP contribution in [0.15, 0.2) is 41.5 Å². The summed E-state index contributed by atoms with van der Waals surface area (Å²) in [5.74, 6) is 0. The van der Waals surface area contributed by atoms with Crippen LogP contribution in [0.4, 0.5) is 5.69 Å². The van der Waals surface area contributed by atoms with Crippen LogP contribution >= 0.6 is 0 Å². The van der Waals surface area contributed by atoms with Crippen molar-refractivity contribution in [3.05, 3.63) is 47.5 Å². The highest BCUT2D eigenvalue weighted by molar-refractivity contribution is 6.10. The van der Waals surface area contributed by atoms with E-state index in [4.69, 9.17) is 10.5 Å². The Bertz CT molecular complexity index is 1010. The maximum absolute atomic E-state index is 8.74. The van der Waals surface area contributed by atoms with Crippen molar-refractivity contribution >= 4 is 22.4 Å². The average Bonchev–Trinajstić information content (AvgIpc) is 3.05. The molecule has 1 aromatic heterocycles. The number of nitrogens with zero attached hydrogens (tertiary/aromatic N) is 6. The van der Waals surface area contributed by atoms with E-state index >= 15 is 0 Å². The molecule has 122 valence electrons. The standard InChI is InChI=1S/C18H15N7/c1-3-13-4-6-15(7-5-13)25-23-17-8-12(2)16(9-18(17)24-25)22-21-14(10-19)11-20/h4-9,22H,3H2,1-2H3. The fourth-order valence-corrected chi connectivity index (χ4v) is 2.36. The number of hydrogen-bond donors (Lipinski definition) is 1. The summed E-state index contributed by atoms with van der Waals surface area (Å²) in [6.45, 7) is 4.00. The van der Waals surface area contributed by atoms with Gasteiger partial charge in [-0.25, -0.2) is 0 Å². The molecule has 1 N–H and O–H groups in total. The van der Waals surface area contributed by atoms with Crippen LogP contribution < -0.4 is 5.43 Å². The maximum atomic E-state index is 8.74. The largest absolute Gasteiger partial charge is 0.276 e. The zero-order valence-electron chi connectivity index (χ0n) is 13.9. The quantitative estimate of drug-likeness (QED) is 0.585. The molecule has 25 heavy (non-hydrogen) atoms. The highest BCUT2D eigenvalue weighted by atomic mass is 15.5. The fourth-order valence-electron chi connectivity index (χ4n) is 2.36. The predicted molar refractivity (Wildman–Crippen MR) is 95.3 cm³/mol. The molecule has 0 aliphatic heterocycles. The number of hydrazone groups is 1. The molecule has 3 rings (SSSR count). The second-order valence-corrected chi connectivity index (χ2v) is 5.46. The molecule has 2 aromatic carbocycles. The summed E-state index contributed by atoms with van der Waals surface area (Å²) in [7, 11) is 0. The molecule has 0 bridgehead atoms. The van der Waals surface area contributed by atoms with Crippen molar-refractivity contribution in [3.63, 3.8) is 0 Å². The lowest BCUT2D eigenvalue weighted by molar-refractivity contribution is 0.765. The Kier molecular flexibility index (Phi) is 4.40. The zero-order chi connectivity index (χ0) is 17.8. The van der Waals surface area contributed by atoms with E-state index in [9.17, 15) is 0 Å². The number of benzene rings is 2. The Morgan fingerprint density at radius 2 is 1.76 bits per heavy atom. The summed E-state index contributed by atoms with van der Waals surface area (Å²) < 4.78 is 0. The van der Waals surface area contributed by atoms with Gasteiger partial charge >= 0.3 is 0 Å². The number of aryl methyl sites for hydroxylation is 2. The van der Waals surface area contributed by atoms with Gasteiger partial charge in [0.05, 0.1) is 11.4 Å². The van der Waals surface area contributed by atoms with Crippen LogP contribution in [0, 0.1) is 29.6 Å². The molecular formula is C18H15N7. The molecule has 0 fully saturated rings. The molecule has 7 heteroatoms.